The molecule has 0 aliphatic carbocycles. The van der Waals surface area contributed by atoms with E-state index in [1.807, 2.05) is 6.92 Å². The molecule has 0 aromatic rings. The number of carboxylic acid groups (broad SMARTS) is 1. The summed E-state index contributed by atoms with van der Waals surface area (Å²) in [4.78, 5) is 10.9. The summed E-state index contributed by atoms with van der Waals surface area (Å²) < 4.78 is 4.74. The van der Waals surface area contributed by atoms with Crippen LogP contribution < -0.4 is 17.3 Å². The quantitative estimate of drug-likeness (QED) is 0.471. The lowest BCUT2D eigenvalue weighted by Crippen LogP contribution is -3.14. The Morgan fingerprint density at radius 3 is 2.45 bits per heavy atom. The summed E-state index contributed by atoms with van der Waals surface area (Å²) in [5.41, 5.74) is 0. The van der Waals surface area contributed by atoms with Crippen molar-refractivity contribution < 1.29 is 31.9 Å². The van der Waals surface area contributed by atoms with Crippen molar-refractivity contribution in [1.82, 2.24) is 0 Å². The van der Waals surface area contributed by atoms with Crippen LogP contribution in [0.15, 0.2) is 0 Å². The highest BCUT2D eigenvalue weighted by Crippen LogP contribution is 1.60. The summed E-state index contributed by atoms with van der Waals surface area (Å²) in [6, 6.07) is 0. The zero-order chi connectivity index (χ0) is 7.98. The van der Waals surface area contributed by atoms with E-state index in [0.29, 0.717) is 24.6 Å². The number of ether oxygens (including phenoxy) is 1. The highest BCUT2D eigenvalue weighted by Gasteiger charge is 2.13. The summed E-state index contributed by atoms with van der Waals surface area (Å²) in [5.74, 6) is 0. The second-order valence-electron chi connectivity index (χ2n) is 2.01. The Morgan fingerprint density at radius 2 is 2.18 bits per heavy atom. The highest BCUT2D eigenvalue weighted by molar-refractivity contribution is 5.53. The summed E-state index contributed by atoms with van der Waals surface area (Å²) in [6.07, 6.45) is -0.806. The maximum absolute atomic E-state index is 10.3. The number of nitrogens with one attached hydrogen (secondary N) is 1. The maximum Gasteiger partial charge on any atom is 0.511 e. The number of carbonyl (C=O) groups is 1. The van der Waals surface area contributed by atoms with Crippen LogP contribution in [0.2, 0.25) is 0 Å². The molecule has 1 unspecified atom stereocenters. The maximum atomic E-state index is 10.3. The van der Waals surface area contributed by atoms with E-state index in [9.17, 15) is 4.79 Å². The molecule has 11 heavy (non-hydrogen) atoms. The normalized spacial score (nSPS) is 11.8. The number of likely N-dealkylation sites (N-methyl/N-ethyl adjacent to an activating group) is 1. The lowest BCUT2D eigenvalue weighted by atomic mass is 10.5. The van der Waals surface area contributed by atoms with Gasteiger partial charge in [0, 0.05) is 7.11 Å². The van der Waals surface area contributed by atoms with Crippen molar-refractivity contribution in [3.8, 4) is 0 Å². The van der Waals surface area contributed by atoms with Gasteiger partial charge < -0.3 is 22.3 Å². The summed E-state index contributed by atoms with van der Waals surface area (Å²) >= 11 is 0. The van der Waals surface area contributed by atoms with Crippen molar-refractivity contribution in [1.29, 1.82) is 0 Å². The Balaban J connectivity index is 0. The minimum absolute atomic E-state index is 0. The van der Waals surface area contributed by atoms with E-state index in [1.54, 1.807) is 7.11 Å². The fourth-order valence-corrected chi connectivity index (χ4v) is 0.660. The molecular formula is C6H14ClNO3. The Bertz CT molecular complexity index is 110. The lowest BCUT2D eigenvalue weighted by molar-refractivity contribution is -0.822. The van der Waals surface area contributed by atoms with Gasteiger partial charge in [-0.2, -0.15) is 4.79 Å². The fourth-order valence-electron chi connectivity index (χ4n) is 0.660. The van der Waals surface area contributed by atoms with E-state index in [4.69, 9.17) is 9.84 Å². The van der Waals surface area contributed by atoms with Crippen molar-refractivity contribution in [2.45, 2.75) is 6.92 Å². The van der Waals surface area contributed by atoms with Gasteiger partial charge in [-0.1, -0.05) is 0 Å². The molecular weight excluding hydrogens is 170 g/mol. The Hall–Kier alpha value is -0.320. The molecule has 4 nitrogen and oxygen atoms in total. The Kier molecular flexibility index (Phi) is 9.40. The van der Waals surface area contributed by atoms with Gasteiger partial charge in [0.1, 0.15) is 6.54 Å². The molecule has 0 heterocycles. The molecule has 1 atom stereocenters. The van der Waals surface area contributed by atoms with Gasteiger partial charge in [0.05, 0.1) is 13.2 Å². The van der Waals surface area contributed by atoms with Crippen LogP contribution in [0.5, 0.6) is 0 Å². The molecule has 0 aromatic carbocycles. The van der Waals surface area contributed by atoms with Crippen LogP contribution in [0.25, 0.3) is 0 Å². The molecule has 0 fully saturated rings. The predicted octanol–water partition coefficient (Wildman–Crippen LogP) is -3.78. The predicted molar refractivity (Wildman–Crippen MR) is 36.3 cm³/mol. The summed E-state index contributed by atoms with van der Waals surface area (Å²) in [5, 5.41) is 8.51. The van der Waals surface area contributed by atoms with Crippen molar-refractivity contribution in [2.75, 3.05) is 26.8 Å². The zero-order valence-electron chi connectivity index (χ0n) is 6.76. The van der Waals surface area contributed by atoms with Crippen molar-refractivity contribution in [3.63, 3.8) is 0 Å². The van der Waals surface area contributed by atoms with E-state index in [1.165, 1.54) is 0 Å². The van der Waals surface area contributed by atoms with E-state index in [0.717, 1.165) is 0 Å². The number of quaternary nitrogens is 1. The first-order valence-electron chi connectivity index (χ1n) is 3.29. The van der Waals surface area contributed by atoms with Gasteiger partial charge in [-0.15, -0.1) is 0 Å². The molecule has 2 N–H and O–H groups in total. The van der Waals surface area contributed by atoms with Crippen LogP contribution in [-0.2, 0) is 4.74 Å². The molecule has 0 radical (unpaired) electrons. The van der Waals surface area contributed by atoms with E-state index in [2.05, 4.69) is 0 Å². The smallest absolute Gasteiger partial charge is 0.511 e. The van der Waals surface area contributed by atoms with E-state index >= 15 is 0 Å². The highest BCUT2D eigenvalue weighted by atomic mass is 35.5. The first kappa shape index (κ1) is 13.3. The third kappa shape index (κ3) is 6.09. The van der Waals surface area contributed by atoms with Crippen LogP contribution in [-0.4, -0.2) is 38.0 Å². The average molecular weight is 184 g/mol. The van der Waals surface area contributed by atoms with Crippen LogP contribution in [0.3, 0.4) is 0 Å². The van der Waals surface area contributed by atoms with Crippen LogP contribution in [0.1, 0.15) is 6.92 Å². The fraction of sp³-hybridized carbons (Fsp3) is 0.833. The monoisotopic (exact) mass is 183 g/mol. The summed E-state index contributed by atoms with van der Waals surface area (Å²) in [7, 11) is 1.56. The first-order chi connectivity index (χ1) is 4.72. The van der Waals surface area contributed by atoms with Crippen LogP contribution >= 0.6 is 0 Å². The minimum Gasteiger partial charge on any atom is -1.00 e. The van der Waals surface area contributed by atoms with Crippen molar-refractivity contribution in [2.24, 2.45) is 0 Å². The molecule has 0 saturated carbocycles. The Morgan fingerprint density at radius 1 is 1.64 bits per heavy atom. The zero-order valence-corrected chi connectivity index (χ0v) is 7.52. The van der Waals surface area contributed by atoms with Gasteiger partial charge in [-0.05, 0) is 6.92 Å². The van der Waals surface area contributed by atoms with Gasteiger partial charge in [-0.3, -0.25) is 0 Å². The molecule has 0 aromatic heterocycles. The standard InChI is InChI=1S/C6H13NO3.ClH/c1-3-7(6(8)9)4-5-10-2;/h3-5H2,1-2H3,(H,8,9);1H. The van der Waals surface area contributed by atoms with E-state index in [-0.39, 0.29) is 12.4 Å². The number of hydrogen-bond acceptors (Lipinski definition) is 2. The number of rotatable bonds is 4. The van der Waals surface area contributed by atoms with Gasteiger partial charge in [-0.25, -0.2) is 4.90 Å². The molecule has 0 rings (SSSR count). The van der Waals surface area contributed by atoms with Gasteiger partial charge in [0.15, 0.2) is 0 Å². The molecule has 0 saturated heterocycles. The van der Waals surface area contributed by atoms with Crippen molar-refractivity contribution in [3.05, 3.63) is 0 Å². The minimum atomic E-state index is -0.806. The number of methoxy groups -OCH3 is 1. The second-order valence-corrected chi connectivity index (χ2v) is 2.01. The second kappa shape index (κ2) is 7.78. The van der Waals surface area contributed by atoms with Crippen LogP contribution in [0.4, 0.5) is 4.79 Å². The SMILES string of the molecule is CC[NH+](CCOC)C(=O)O.[Cl-]. The molecule has 0 spiro atoms. The van der Waals surface area contributed by atoms with Gasteiger partial charge >= 0.3 is 6.09 Å². The largest absolute Gasteiger partial charge is 1.00 e. The average Bonchev–Trinajstić information content (AvgIpc) is 1.89. The first-order valence-corrected chi connectivity index (χ1v) is 3.29. The van der Waals surface area contributed by atoms with Crippen LogP contribution in [0, 0.1) is 0 Å². The molecule has 68 valence electrons. The lowest BCUT2D eigenvalue weighted by Gasteiger charge is -2.08. The third-order valence-corrected chi connectivity index (χ3v) is 1.34. The number of hydrogen-bond donors (Lipinski definition) is 2. The summed E-state index contributed by atoms with van der Waals surface area (Å²) in [6.45, 7) is 3.45. The molecule has 0 aliphatic rings. The molecule has 0 aliphatic heterocycles. The number of halogens is 1. The third-order valence-electron chi connectivity index (χ3n) is 1.34. The topological polar surface area (TPSA) is 51.0 Å². The van der Waals surface area contributed by atoms with Gasteiger partial charge in [0.2, 0.25) is 0 Å². The Labute approximate surface area is 72.5 Å². The molecule has 1 amide bonds. The molecule has 5 heteroatoms. The van der Waals surface area contributed by atoms with Crippen molar-refractivity contribution >= 4 is 6.09 Å². The number of amides is 1. The van der Waals surface area contributed by atoms with E-state index < -0.39 is 6.09 Å². The molecule has 0 bridgehead atoms. The van der Waals surface area contributed by atoms with Gasteiger partial charge in [0.25, 0.3) is 0 Å².